The molecule has 1 atom stereocenters. The molecule has 0 aliphatic rings. The molecule has 3 N–H and O–H groups in total. The molecule has 0 saturated heterocycles. The van der Waals surface area contributed by atoms with Crippen molar-refractivity contribution in [2.24, 2.45) is 0 Å². The number of anilines is 1. The molecule has 0 fully saturated rings. The van der Waals surface area contributed by atoms with Crippen molar-refractivity contribution in [1.29, 1.82) is 5.41 Å². The highest BCUT2D eigenvalue weighted by Crippen LogP contribution is 2.41. The van der Waals surface area contributed by atoms with Gasteiger partial charge in [0.2, 0.25) is 3.79 Å². The lowest BCUT2D eigenvalue weighted by Crippen LogP contribution is -2.52. The van der Waals surface area contributed by atoms with Crippen LogP contribution >= 0.6 is 58.0 Å². The zero-order chi connectivity index (χ0) is 14.7. The van der Waals surface area contributed by atoms with Crippen LogP contribution in [0.1, 0.15) is 6.42 Å². The second-order valence-corrected chi connectivity index (χ2v) is 6.69. The Hall–Kier alpha value is 0.0300. The fourth-order valence-corrected chi connectivity index (χ4v) is 1.85. The van der Waals surface area contributed by atoms with Crippen molar-refractivity contribution in [2.45, 2.75) is 15.9 Å². The SMILES string of the molecule is N=C(CCl)CC(O)(Nc1ncccc1Cl)C(Cl)(Cl)Cl. The monoisotopic (exact) mass is 363 g/mol. The van der Waals surface area contributed by atoms with E-state index in [1.165, 1.54) is 6.20 Å². The van der Waals surface area contributed by atoms with E-state index in [1.54, 1.807) is 12.1 Å². The van der Waals surface area contributed by atoms with Crippen LogP contribution in [0.2, 0.25) is 5.02 Å². The number of rotatable bonds is 5. The highest BCUT2D eigenvalue weighted by Gasteiger charge is 2.48. The third kappa shape index (κ3) is 4.52. The summed E-state index contributed by atoms with van der Waals surface area (Å²) in [4.78, 5) is 3.93. The van der Waals surface area contributed by atoms with Crippen LogP contribution in [0.5, 0.6) is 0 Å². The summed E-state index contributed by atoms with van der Waals surface area (Å²) in [5, 5.41) is 20.7. The summed E-state index contributed by atoms with van der Waals surface area (Å²) in [6, 6.07) is 3.17. The molecular formula is C10H10Cl5N3O. The van der Waals surface area contributed by atoms with Crippen LogP contribution in [0.4, 0.5) is 5.82 Å². The van der Waals surface area contributed by atoms with Crippen LogP contribution < -0.4 is 5.32 Å². The van der Waals surface area contributed by atoms with Gasteiger partial charge in [0, 0.05) is 18.3 Å². The van der Waals surface area contributed by atoms with Gasteiger partial charge in [-0.05, 0) is 12.1 Å². The fourth-order valence-electron chi connectivity index (χ4n) is 1.24. The molecule has 1 unspecified atom stereocenters. The zero-order valence-corrected chi connectivity index (χ0v) is 13.2. The number of nitrogens with zero attached hydrogens (tertiary/aromatic N) is 1. The molecule has 9 heteroatoms. The molecule has 1 aromatic rings. The Morgan fingerprint density at radius 2 is 2.05 bits per heavy atom. The summed E-state index contributed by atoms with van der Waals surface area (Å²) in [5.41, 5.74) is -2.06. The van der Waals surface area contributed by atoms with Gasteiger partial charge in [-0.3, -0.25) is 0 Å². The third-order valence-electron chi connectivity index (χ3n) is 2.18. The summed E-state index contributed by atoms with van der Waals surface area (Å²) in [6.45, 7) is 0. The van der Waals surface area contributed by atoms with Gasteiger partial charge in [0.1, 0.15) is 5.82 Å². The predicted octanol–water partition coefficient (Wildman–Crippen LogP) is 3.85. The summed E-state index contributed by atoms with van der Waals surface area (Å²) in [6.07, 6.45) is 1.17. The Morgan fingerprint density at radius 1 is 1.42 bits per heavy atom. The van der Waals surface area contributed by atoms with E-state index in [-0.39, 0.29) is 28.9 Å². The first kappa shape index (κ1) is 17.1. The average molecular weight is 365 g/mol. The zero-order valence-electron chi connectivity index (χ0n) is 9.43. The Kier molecular flexibility index (Phi) is 5.98. The van der Waals surface area contributed by atoms with Crippen molar-refractivity contribution < 1.29 is 5.11 Å². The maximum Gasteiger partial charge on any atom is 0.237 e. The standard InChI is InChI=1S/C10H10Cl5N3O/c11-5-6(16)4-9(19,10(13,14)15)18-8-7(12)2-1-3-17-8/h1-3,16,19H,4-5H2,(H,17,18). The van der Waals surface area contributed by atoms with Gasteiger partial charge in [-0.2, -0.15) is 0 Å². The van der Waals surface area contributed by atoms with Crippen molar-refractivity contribution in [3.05, 3.63) is 23.4 Å². The van der Waals surface area contributed by atoms with Crippen molar-refractivity contribution in [2.75, 3.05) is 11.2 Å². The molecule has 0 saturated carbocycles. The van der Waals surface area contributed by atoms with Gasteiger partial charge in [0.25, 0.3) is 0 Å². The lowest BCUT2D eigenvalue weighted by molar-refractivity contribution is 0.0810. The van der Waals surface area contributed by atoms with Crippen LogP contribution in [0, 0.1) is 5.41 Å². The molecule has 0 amide bonds. The molecule has 4 nitrogen and oxygen atoms in total. The number of nitrogens with one attached hydrogen (secondary N) is 2. The van der Waals surface area contributed by atoms with Gasteiger partial charge in [0.05, 0.1) is 10.9 Å². The number of pyridine rings is 1. The number of aliphatic hydroxyl groups is 1. The van der Waals surface area contributed by atoms with E-state index in [2.05, 4.69) is 10.3 Å². The van der Waals surface area contributed by atoms with Gasteiger partial charge in [-0.15, -0.1) is 11.6 Å². The van der Waals surface area contributed by atoms with Gasteiger partial charge in [-0.25, -0.2) is 4.98 Å². The largest absolute Gasteiger partial charge is 0.367 e. The number of hydrogen-bond acceptors (Lipinski definition) is 4. The third-order valence-corrected chi connectivity index (χ3v) is 3.75. The number of hydrogen-bond donors (Lipinski definition) is 3. The van der Waals surface area contributed by atoms with E-state index in [0.717, 1.165) is 0 Å². The van der Waals surface area contributed by atoms with Crippen LogP contribution in [-0.2, 0) is 0 Å². The second kappa shape index (κ2) is 6.66. The highest BCUT2D eigenvalue weighted by molar-refractivity contribution is 6.68. The van der Waals surface area contributed by atoms with Crippen molar-refractivity contribution in [3.8, 4) is 0 Å². The van der Waals surface area contributed by atoms with Gasteiger partial charge >= 0.3 is 0 Å². The van der Waals surface area contributed by atoms with Crippen molar-refractivity contribution in [1.82, 2.24) is 4.98 Å². The summed E-state index contributed by atoms with van der Waals surface area (Å²) < 4.78 is -2.10. The molecule has 0 aromatic carbocycles. The van der Waals surface area contributed by atoms with Crippen molar-refractivity contribution in [3.63, 3.8) is 0 Å². The summed E-state index contributed by atoms with van der Waals surface area (Å²) in [7, 11) is 0. The second-order valence-electron chi connectivity index (χ2n) is 3.73. The van der Waals surface area contributed by atoms with Crippen LogP contribution in [0.3, 0.4) is 0 Å². The van der Waals surface area contributed by atoms with E-state index >= 15 is 0 Å². The minimum absolute atomic E-state index is 0.00459. The van der Waals surface area contributed by atoms with Gasteiger partial charge in [0.15, 0.2) is 5.72 Å². The average Bonchev–Trinajstić information content (AvgIpc) is 2.30. The lowest BCUT2D eigenvalue weighted by atomic mass is 10.1. The molecule has 1 heterocycles. The van der Waals surface area contributed by atoms with Crippen LogP contribution in [0.15, 0.2) is 18.3 Å². The van der Waals surface area contributed by atoms with E-state index in [0.29, 0.717) is 0 Å². The van der Waals surface area contributed by atoms with E-state index in [4.69, 9.17) is 63.4 Å². The Balaban J connectivity index is 3.06. The first-order valence-corrected chi connectivity index (χ1v) is 7.04. The molecular weight excluding hydrogens is 355 g/mol. The molecule has 1 aromatic heterocycles. The van der Waals surface area contributed by atoms with Crippen LogP contribution in [0.25, 0.3) is 0 Å². The first-order valence-electron chi connectivity index (χ1n) is 4.99. The normalized spacial score (nSPS) is 14.8. The molecule has 1 rings (SSSR count). The number of aromatic nitrogens is 1. The maximum absolute atomic E-state index is 10.4. The van der Waals surface area contributed by atoms with E-state index in [9.17, 15) is 5.11 Å². The number of halogens is 5. The van der Waals surface area contributed by atoms with Crippen LogP contribution in [-0.4, -0.2) is 31.2 Å². The van der Waals surface area contributed by atoms with Gasteiger partial charge in [-0.1, -0.05) is 46.4 Å². The quantitative estimate of drug-likeness (QED) is 0.422. The summed E-state index contributed by atoms with van der Waals surface area (Å²) >= 11 is 28.7. The molecule has 19 heavy (non-hydrogen) atoms. The highest BCUT2D eigenvalue weighted by atomic mass is 35.6. The minimum atomic E-state index is -2.10. The fraction of sp³-hybridized carbons (Fsp3) is 0.400. The molecule has 0 aliphatic heterocycles. The topological polar surface area (TPSA) is 69.0 Å². The molecule has 0 radical (unpaired) electrons. The Labute approximate surface area is 135 Å². The van der Waals surface area contributed by atoms with E-state index in [1.807, 2.05) is 0 Å². The molecule has 106 valence electrons. The maximum atomic E-state index is 10.4. The minimum Gasteiger partial charge on any atom is -0.367 e. The lowest BCUT2D eigenvalue weighted by Gasteiger charge is -2.35. The Morgan fingerprint density at radius 3 is 2.53 bits per heavy atom. The first-order chi connectivity index (χ1) is 8.69. The molecule has 0 bridgehead atoms. The Bertz CT molecular complexity index is 465. The molecule has 0 spiro atoms. The smallest absolute Gasteiger partial charge is 0.237 e. The summed E-state index contributed by atoms with van der Waals surface area (Å²) in [5.74, 6) is 0.0427. The van der Waals surface area contributed by atoms with Crippen molar-refractivity contribution >= 4 is 69.5 Å². The number of alkyl halides is 4. The predicted molar refractivity (Wildman–Crippen MR) is 81.2 cm³/mol. The molecule has 0 aliphatic carbocycles. The van der Waals surface area contributed by atoms with E-state index < -0.39 is 9.52 Å². The van der Waals surface area contributed by atoms with Gasteiger partial charge < -0.3 is 15.8 Å².